The van der Waals surface area contributed by atoms with E-state index in [1.165, 1.54) is 18.2 Å². The van der Waals surface area contributed by atoms with Gasteiger partial charge in [0.05, 0.1) is 30.2 Å². The number of amides is 1. The number of hydrogen-bond acceptors (Lipinski definition) is 5. The van der Waals surface area contributed by atoms with Crippen LogP contribution >= 0.6 is 15.9 Å². The van der Waals surface area contributed by atoms with Crippen LogP contribution in [0.3, 0.4) is 0 Å². The minimum Gasteiger partial charge on any atom is -0.490 e. The summed E-state index contributed by atoms with van der Waals surface area (Å²) in [5, 5.41) is 2.39. The van der Waals surface area contributed by atoms with E-state index < -0.39 is 26.4 Å². The maximum atomic E-state index is 12.9. The molecule has 6 nitrogen and oxygen atoms in total. The number of halogens is 3. The molecule has 2 aromatic carbocycles. The molecule has 0 aliphatic heterocycles. The molecule has 0 radical (unpaired) electrons. The van der Waals surface area contributed by atoms with Gasteiger partial charge in [0.15, 0.2) is 11.5 Å². The van der Waals surface area contributed by atoms with E-state index in [1.807, 2.05) is 13.8 Å². The molecule has 0 aliphatic carbocycles. The van der Waals surface area contributed by atoms with Crippen molar-refractivity contribution in [3.05, 3.63) is 46.4 Å². The first kappa shape index (κ1) is 23.1. The second kappa shape index (κ2) is 10.0. The molecule has 0 aliphatic rings. The average molecular weight is 492 g/mol. The van der Waals surface area contributed by atoms with Gasteiger partial charge in [0.2, 0.25) is 15.7 Å². The van der Waals surface area contributed by atoms with E-state index >= 15 is 0 Å². The highest BCUT2D eigenvalue weighted by atomic mass is 79.9. The lowest BCUT2D eigenvalue weighted by Crippen LogP contribution is -2.19. The number of ether oxygens (including phenoxy) is 2. The zero-order chi connectivity index (χ0) is 21.6. The van der Waals surface area contributed by atoms with Crippen molar-refractivity contribution in [1.82, 2.24) is 0 Å². The normalized spacial score (nSPS) is 11.4. The quantitative estimate of drug-likeness (QED) is 0.561. The molecule has 1 amide bonds. The molecule has 2 rings (SSSR count). The molecule has 0 saturated carbocycles. The minimum absolute atomic E-state index is 0.143. The van der Waals surface area contributed by atoms with Crippen LogP contribution in [0.5, 0.6) is 11.5 Å². The number of benzene rings is 2. The Hall–Kier alpha value is -2.20. The molecule has 0 saturated heterocycles. The van der Waals surface area contributed by atoms with E-state index in [1.54, 1.807) is 12.1 Å². The van der Waals surface area contributed by atoms with E-state index in [0.29, 0.717) is 34.7 Å². The van der Waals surface area contributed by atoms with Crippen molar-refractivity contribution in [2.45, 2.75) is 30.9 Å². The molecule has 0 heterocycles. The number of sulfone groups is 1. The summed E-state index contributed by atoms with van der Waals surface area (Å²) in [6.07, 6.45) is -0.143. The Kier molecular flexibility index (Phi) is 7.97. The number of para-hydroxylation sites is 1. The molecule has 0 atom stereocenters. The molecule has 1 N–H and O–H groups in total. The summed E-state index contributed by atoms with van der Waals surface area (Å²) in [6.45, 7) is 4.47. The van der Waals surface area contributed by atoms with Crippen LogP contribution in [0.25, 0.3) is 0 Å². The number of rotatable bonds is 9. The molecule has 0 spiro atoms. The number of anilines is 1. The first-order valence-corrected chi connectivity index (χ1v) is 11.0. The van der Waals surface area contributed by atoms with Crippen molar-refractivity contribution in [2.24, 2.45) is 0 Å². The number of hydrogen-bond donors (Lipinski definition) is 1. The predicted octanol–water partition coefficient (Wildman–Crippen LogP) is 4.42. The zero-order valence-electron chi connectivity index (χ0n) is 15.7. The molecule has 0 fully saturated rings. The Bertz CT molecular complexity index is 983. The van der Waals surface area contributed by atoms with Gasteiger partial charge in [0.1, 0.15) is 0 Å². The summed E-state index contributed by atoms with van der Waals surface area (Å²) in [5.74, 6) is -3.19. The van der Waals surface area contributed by atoms with Crippen LogP contribution in [-0.4, -0.2) is 33.3 Å². The van der Waals surface area contributed by atoms with Crippen LogP contribution in [0.1, 0.15) is 19.4 Å². The van der Waals surface area contributed by atoms with Crippen LogP contribution in [0.4, 0.5) is 14.5 Å². The van der Waals surface area contributed by atoms with E-state index in [-0.39, 0.29) is 12.1 Å². The van der Waals surface area contributed by atoms with Crippen LogP contribution in [-0.2, 0) is 21.1 Å². The fourth-order valence-electron chi connectivity index (χ4n) is 2.53. The van der Waals surface area contributed by atoms with Gasteiger partial charge in [-0.25, -0.2) is 8.42 Å². The molecule has 29 heavy (non-hydrogen) atoms. The third-order valence-electron chi connectivity index (χ3n) is 3.77. The lowest BCUT2D eigenvalue weighted by Gasteiger charge is -2.15. The molecular weight excluding hydrogens is 472 g/mol. The van der Waals surface area contributed by atoms with Crippen LogP contribution < -0.4 is 14.8 Å². The van der Waals surface area contributed by atoms with Crippen LogP contribution in [0.15, 0.2) is 45.8 Å². The second-order valence-corrected chi connectivity index (χ2v) is 8.52. The van der Waals surface area contributed by atoms with E-state index in [0.717, 1.165) is 6.07 Å². The summed E-state index contributed by atoms with van der Waals surface area (Å²) in [7, 11) is -4.85. The van der Waals surface area contributed by atoms with Gasteiger partial charge in [-0.1, -0.05) is 28.1 Å². The predicted molar refractivity (Wildman–Crippen MR) is 108 cm³/mol. The van der Waals surface area contributed by atoms with Gasteiger partial charge < -0.3 is 14.8 Å². The van der Waals surface area contributed by atoms with Crippen LogP contribution in [0.2, 0.25) is 0 Å². The number of carbonyl (C=O) groups is 1. The second-order valence-electron chi connectivity index (χ2n) is 5.78. The Morgan fingerprint density at radius 2 is 1.69 bits per heavy atom. The van der Waals surface area contributed by atoms with Crippen LogP contribution in [0, 0.1) is 0 Å². The minimum atomic E-state index is -4.85. The summed E-state index contributed by atoms with van der Waals surface area (Å²) >= 11 is 3.37. The summed E-state index contributed by atoms with van der Waals surface area (Å²) in [4.78, 5) is 11.8. The maximum Gasteiger partial charge on any atom is 0.341 e. The fourth-order valence-corrected chi connectivity index (χ4v) is 3.88. The SMILES string of the molecule is CCOc1cc(Br)c(CC(=O)Nc2ccccc2S(=O)(=O)C(F)F)cc1OCC. The summed E-state index contributed by atoms with van der Waals surface area (Å²) < 4.78 is 61.1. The topological polar surface area (TPSA) is 81.7 Å². The molecule has 0 aromatic heterocycles. The Labute approximate surface area is 176 Å². The fraction of sp³-hybridized carbons (Fsp3) is 0.316. The third kappa shape index (κ3) is 5.66. The van der Waals surface area contributed by atoms with Crippen molar-refractivity contribution >= 4 is 37.4 Å². The Balaban J connectivity index is 2.28. The van der Waals surface area contributed by atoms with Gasteiger partial charge in [-0.15, -0.1) is 0 Å². The maximum absolute atomic E-state index is 12.9. The van der Waals surface area contributed by atoms with Gasteiger partial charge in [0.25, 0.3) is 0 Å². The third-order valence-corrected chi connectivity index (χ3v) is 5.94. The van der Waals surface area contributed by atoms with Crippen molar-refractivity contribution in [1.29, 1.82) is 0 Å². The molecule has 158 valence electrons. The van der Waals surface area contributed by atoms with Gasteiger partial charge in [0, 0.05) is 4.47 Å². The number of carbonyl (C=O) groups excluding carboxylic acids is 1. The highest BCUT2D eigenvalue weighted by Gasteiger charge is 2.29. The monoisotopic (exact) mass is 491 g/mol. The number of nitrogens with one attached hydrogen (secondary N) is 1. The molecule has 0 bridgehead atoms. The lowest BCUT2D eigenvalue weighted by atomic mass is 10.1. The zero-order valence-corrected chi connectivity index (χ0v) is 18.1. The molecule has 10 heteroatoms. The Morgan fingerprint density at radius 1 is 1.10 bits per heavy atom. The van der Waals surface area contributed by atoms with Gasteiger partial charge >= 0.3 is 5.76 Å². The first-order chi connectivity index (χ1) is 13.7. The standard InChI is InChI=1S/C19H20BrF2NO5S/c1-3-27-15-9-12(13(20)11-16(15)28-4-2)10-18(24)23-14-7-5-6-8-17(14)29(25,26)19(21)22/h5-9,11,19H,3-4,10H2,1-2H3,(H,23,24). The number of alkyl halides is 2. The highest BCUT2D eigenvalue weighted by molar-refractivity contribution is 9.10. The van der Waals surface area contributed by atoms with Crippen molar-refractivity contribution in [2.75, 3.05) is 18.5 Å². The Morgan fingerprint density at radius 3 is 2.28 bits per heavy atom. The van der Waals surface area contributed by atoms with Crippen molar-refractivity contribution in [3.8, 4) is 11.5 Å². The first-order valence-electron chi connectivity index (χ1n) is 8.69. The van der Waals surface area contributed by atoms with Crippen molar-refractivity contribution < 1.29 is 31.5 Å². The molecule has 2 aromatic rings. The van der Waals surface area contributed by atoms with Gasteiger partial charge in [-0.2, -0.15) is 8.78 Å². The highest BCUT2D eigenvalue weighted by Crippen LogP contribution is 2.34. The summed E-state index contributed by atoms with van der Waals surface area (Å²) in [5.41, 5.74) is 0.355. The van der Waals surface area contributed by atoms with Gasteiger partial charge in [-0.05, 0) is 43.7 Å². The largest absolute Gasteiger partial charge is 0.490 e. The molecule has 0 unspecified atom stereocenters. The summed E-state index contributed by atoms with van der Waals surface area (Å²) in [6, 6.07) is 8.35. The van der Waals surface area contributed by atoms with E-state index in [4.69, 9.17) is 9.47 Å². The smallest absolute Gasteiger partial charge is 0.341 e. The van der Waals surface area contributed by atoms with E-state index in [2.05, 4.69) is 21.2 Å². The van der Waals surface area contributed by atoms with Gasteiger partial charge in [-0.3, -0.25) is 4.79 Å². The average Bonchev–Trinajstić information content (AvgIpc) is 2.65. The van der Waals surface area contributed by atoms with E-state index in [9.17, 15) is 22.0 Å². The molecular formula is C19H20BrF2NO5S. The lowest BCUT2D eigenvalue weighted by molar-refractivity contribution is -0.115. The van der Waals surface area contributed by atoms with Crippen molar-refractivity contribution in [3.63, 3.8) is 0 Å².